The Morgan fingerprint density at radius 1 is 1.31 bits per heavy atom. The predicted molar refractivity (Wildman–Crippen MR) is 110 cm³/mol. The van der Waals surface area contributed by atoms with Crippen molar-refractivity contribution in [3.8, 4) is 17.0 Å². The molecule has 148 valence electrons. The van der Waals surface area contributed by atoms with Gasteiger partial charge in [0.1, 0.15) is 12.1 Å². The lowest BCUT2D eigenvalue weighted by molar-refractivity contribution is -0.117. The minimum atomic E-state index is 0.233. The van der Waals surface area contributed by atoms with Crippen LogP contribution < -0.4 is 4.74 Å². The summed E-state index contributed by atoms with van der Waals surface area (Å²) in [6.07, 6.45) is 5.64. The van der Waals surface area contributed by atoms with E-state index in [0.29, 0.717) is 30.0 Å². The monoisotopic (exact) mass is 389 g/mol. The first kappa shape index (κ1) is 17.8. The Bertz CT molecular complexity index is 1240. The number of hydrogen-bond donors (Lipinski definition) is 1. The number of H-pyrrole nitrogens is 1. The Labute approximate surface area is 168 Å². The van der Waals surface area contributed by atoms with E-state index in [2.05, 4.69) is 41.0 Å². The van der Waals surface area contributed by atoms with Crippen LogP contribution in [0.25, 0.3) is 27.9 Å². The molecule has 7 nitrogen and oxygen atoms in total. The summed E-state index contributed by atoms with van der Waals surface area (Å²) >= 11 is 0. The van der Waals surface area contributed by atoms with Gasteiger partial charge in [0.05, 0.1) is 23.8 Å². The molecule has 7 heteroatoms. The zero-order valence-corrected chi connectivity index (χ0v) is 16.8. The van der Waals surface area contributed by atoms with Gasteiger partial charge < -0.3 is 9.72 Å². The molecule has 1 fully saturated rings. The molecule has 29 heavy (non-hydrogen) atoms. The zero-order chi connectivity index (χ0) is 20.1. The van der Waals surface area contributed by atoms with Crippen LogP contribution in [-0.4, -0.2) is 37.5 Å². The SMILES string of the molecule is COc1cc(-c2[nH]c3ccc(C4CCC(=O)C4)nc3c2C(C)C)cn2ncnc12. The summed E-state index contributed by atoms with van der Waals surface area (Å²) in [5, 5.41) is 4.28. The number of aromatic nitrogens is 5. The highest BCUT2D eigenvalue weighted by Crippen LogP contribution is 2.38. The van der Waals surface area contributed by atoms with Crippen molar-refractivity contribution in [3.05, 3.63) is 42.0 Å². The van der Waals surface area contributed by atoms with Crippen molar-refractivity contribution in [2.75, 3.05) is 7.11 Å². The van der Waals surface area contributed by atoms with Gasteiger partial charge >= 0.3 is 0 Å². The number of ketones is 1. The number of methoxy groups -OCH3 is 1. The molecule has 4 aromatic rings. The summed E-state index contributed by atoms with van der Waals surface area (Å²) < 4.78 is 7.26. The first-order chi connectivity index (χ1) is 14.0. The highest BCUT2D eigenvalue weighted by atomic mass is 16.5. The Morgan fingerprint density at radius 3 is 2.90 bits per heavy atom. The Hall–Kier alpha value is -3.22. The van der Waals surface area contributed by atoms with Crippen molar-refractivity contribution < 1.29 is 9.53 Å². The van der Waals surface area contributed by atoms with E-state index in [0.717, 1.165) is 40.0 Å². The molecule has 5 rings (SSSR count). The lowest BCUT2D eigenvalue weighted by atomic mass is 9.98. The largest absolute Gasteiger partial charge is 0.493 e. The Balaban J connectivity index is 1.70. The van der Waals surface area contributed by atoms with Crippen molar-refractivity contribution in [3.63, 3.8) is 0 Å². The minimum Gasteiger partial charge on any atom is -0.493 e. The molecule has 0 radical (unpaired) electrons. The maximum atomic E-state index is 11.7. The summed E-state index contributed by atoms with van der Waals surface area (Å²) in [6.45, 7) is 4.34. The van der Waals surface area contributed by atoms with E-state index < -0.39 is 0 Å². The summed E-state index contributed by atoms with van der Waals surface area (Å²) in [5.74, 6) is 1.51. The third-order valence-corrected chi connectivity index (χ3v) is 5.79. The van der Waals surface area contributed by atoms with Crippen molar-refractivity contribution in [1.29, 1.82) is 0 Å². The number of carbonyl (C=O) groups excluding carboxylic acids is 1. The summed E-state index contributed by atoms with van der Waals surface area (Å²) in [5.41, 5.74) is 6.81. The topological polar surface area (TPSA) is 85.2 Å². The number of fused-ring (bicyclic) bond motifs is 2. The average Bonchev–Trinajstić information content (AvgIpc) is 3.43. The van der Waals surface area contributed by atoms with Crippen molar-refractivity contribution in [1.82, 2.24) is 24.6 Å². The van der Waals surface area contributed by atoms with Crippen LogP contribution in [0.2, 0.25) is 0 Å². The van der Waals surface area contributed by atoms with Gasteiger partial charge in [-0.05, 0) is 30.5 Å². The van der Waals surface area contributed by atoms with Crippen molar-refractivity contribution >= 4 is 22.5 Å². The first-order valence-electron chi connectivity index (χ1n) is 9.97. The van der Waals surface area contributed by atoms with Gasteiger partial charge in [-0.15, -0.1) is 0 Å². The van der Waals surface area contributed by atoms with Gasteiger partial charge in [-0.1, -0.05) is 13.8 Å². The fourth-order valence-corrected chi connectivity index (χ4v) is 4.37. The molecule has 0 aromatic carbocycles. The Morgan fingerprint density at radius 2 is 2.17 bits per heavy atom. The van der Waals surface area contributed by atoms with Gasteiger partial charge in [-0.2, -0.15) is 5.10 Å². The second-order valence-corrected chi connectivity index (χ2v) is 8.00. The second kappa shape index (κ2) is 6.69. The molecule has 1 aliphatic carbocycles. The third kappa shape index (κ3) is 2.88. The number of hydrogen-bond acceptors (Lipinski definition) is 5. The molecule has 1 unspecified atom stereocenters. The van der Waals surface area contributed by atoms with Gasteiger partial charge in [-0.3, -0.25) is 9.78 Å². The fourth-order valence-electron chi connectivity index (χ4n) is 4.37. The van der Waals surface area contributed by atoms with Gasteiger partial charge in [0, 0.05) is 41.8 Å². The molecule has 1 saturated carbocycles. The summed E-state index contributed by atoms with van der Waals surface area (Å²) in [6, 6.07) is 6.12. The van der Waals surface area contributed by atoms with Gasteiger partial charge in [-0.25, -0.2) is 9.50 Å². The quantitative estimate of drug-likeness (QED) is 0.564. The first-order valence-corrected chi connectivity index (χ1v) is 9.97. The van der Waals surface area contributed by atoms with Crippen LogP contribution in [0.4, 0.5) is 0 Å². The van der Waals surface area contributed by atoms with Crippen LogP contribution in [-0.2, 0) is 4.79 Å². The summed E-state index contributed by atoms with van der Waals surface area (Å²) in [7, 11) is 1.64. The van der Waals surface area contributed by atoms with E-state index in [1.54, 1.807) is 11.6 Å². The molecular weight excluding hydrogens is 366 g/mol. The molecule has 0 spiro atoms. The number of nitrogens with one attached hydrogen (secondary N) is 1. The molecule has 1 N–H and O–H groups in total. The molecule has 4 heterocycles. The van der Waals surface area contributed by atoms with Crippen molar-refractivity contribution in [2.45, 2.75) is 44.9 Å². The maximum absolute atomic E-state index is 11.7. The third-order valence-electron chi connectivity index (χ3n) is 5.79. The lowest BCUT2D eigenvalue weighted by Gasteiger charge is -2.11. The zero-order valence-electron chi connectivity index (χ0n) is 16.8. The Kier molecular flexibility index (Phi) is 4.12. The predicted octanol–water partition coefficient (Wildman–Crippen LogP) is 4.24. The lowest BCUT2D eigenvalue weighted by Crippen LogP contribution is -1.99. The molecule has 0 aliphatic heterocycles. The van der Waals surface area contributed by atoms with E-state index in [1.165, 1.54) is 6.33 Å². The van der Waals surface area contributed by atoms with Crippen LogP contribution in [0, 0.1) is 0 Å². The van der Waals surface area contributed by atoms with Crippen LogP contribution >= 0.6 is 0 Å². The smallest absolute Gasteiger partial charge is 0.197 e. The van der Waals surface area contributed by atoms with Crippen LogP contribution in [0.15, 0.2) is 30.7 Å². The second-order valence-electron chi connectivity index (χ2n) is 8.00. The van der Waals surface area contributed by atoms with E-state index in [1.807, 2.05) is 12.3 Å². The number of aromatic amines is 1. The number of rotatable bonds is 4. The van der Waals surface area contributed by atoms with Gasteiger partial charge in [0.25, 0.3) is 0 Å². The van der Waals surface area contributed by atoms with Gasteiger partial charge in [0.2, 0.25) is 0 Å². The number of ether oxygens (including phenoxy) is 1. The van der Waals surface area contributed by atoms with Crippen LogP contribution in [0.1, 0.15) is 56.2 Å². The fraction of sp³-hybridized carbons (Fsp3) is 0.364. The van der Waals surface area contributed by atoms with Crippen LogP contribution in [0.5, 0.6) is 5.75 Å². The van der Waals surface area contributed by atoms with E-state index in [9.17, 15) is 4.79 Å². The molecular formula is C22H23N5O2. The highest BCUT2D eigenvalue weighted by Gasteiger charge is 2.26. The molecule has 1 atom stereocenters. The number of pyridine rings is 2. The van der Waals surface area contributed by atoms with Gasteiger partial charge in [0.15, 0.2) is 11.4 Å². The normalized spacial score (nSPS) is 17.1. The van der Waals surface area contributed by atoms with E-state index in [4.69, 9.17) is 9.72 Å². The van der Waals surface area contributed by atoms with Crippen molar-refractivity contribution in [2.24, 2.45) is 0 Å². The number of carbonyl (C=O) groups is 1. The molecule has 0 amide bonds. The summed E-state index contributed by atoms with van der Waals surface area (Å²) in [4.78, 5) is 24.6. The van der Waals surface area contributed by atoms with E-state index >= 15 is 0 Å². The minimum absolute atomic E-state index is 0.233. The molecule has 0 bridgehead atoms. The molecule has 4 aromatic heterocycles. The average molecular weight is 389 g/mol. The number of nitrogens with zero attached hydrogens (tertiary/aromatic N) is 4. The molecule has 0 saturated heterocycles. The molecule has 1 aliphatic rings. The van der Waals surface area contributed by atoms with Crippen LogP contribution in [0.3, 0.4) is 0 Å². The highest BCUT2D eigenvalue weighted by molar-refractivity contribution is 5.89. The standard InChI is InChI=1S/C22H23N5O2/c1-12(2)19-20(14-9-18(29-3)22-23-11-24-27(22)10-14)26-17-7-6-16(25-21(17)19)13-4-5-15(28)8-13/h6-7,9-13,26H,4-5,8H2,1-3H3. The van der Waals surface area contributed by atoms with E-state index in [-0.39, 0.29) is 11.8 Å². The maximum Gasteiger partial charge on any atom is 0.197 e. The number of Topliss-reactive ketones (excluding diaryl/α,β-unsaturated/α-hetero) is 1.